The van der Waals surface area contributed by atoms with Crippen molar-refractivity contribution in [3.05, 3.63) is 105 Å². The van der Waals surface area contributed by atoms with Crippen molar-refractivity contribution in [2.45, 2.75) is 12.6 Å². The van der Waals surface area contributed by atoms with Gasteiger partial charge in [-0.05, 0) is 35.4 Å². The minimum atomic E-state index is -0.890. The monoisotopic (exact) mass is 485 g/mol. The normalized spacial score (nSPS) is 17.5. The highest BCUT2D eigenvalue weighted by atomic mass is 35.5. The number of rotatable bonds is 5. The summed E-state index contributed by atoms with van der Waals surface area (Å²) in [6.45, 7) is 0.0363. The fourth-order valence-electron chi connectivity index (χ4n) is 3.90. The minimum absolute atomic E-state index is 0.0363. The number of carbonyl (C=O) groups excluding carboxylic acids is 2. The summed E-state index contributed by atoms with van der Waals surface area (Å²) >= 11 is 12.3. The van der Waals surface area contributed by atoms with E-state index in [0.717, 1.165) is 0 Å². The van der Waals surface area contributed by atoms with Crippen LogP contribution < -0.4 is 4.74 Å². The summed E-state index contributed by atoms with van der Waals surface area (Å²) in [6.07, 6.45) is 0. The number of amides is 1. The molecule has 5 nitrogen and oxygen atoms in total. The molecule has 1 aliphatic rings. The number of likely N-dealkylation sites (tertiary alicyclic amines) is 1. The average molecular weight is 486 g/mol. The average Bonchev–Trinajstić information content (AvgIpc) is 3.05. The maximum absolute atomic E-state index is 13.4. The number of hydrogen-bond acceptors (Lipinski definition) is 4. The van der Waals surface area contributed by atoms with Gasteiger partial charge < -0.3 is 14.7 Å². The number of carbonyl (C=O) groups is 2. The number of ketones is 1. The molecule has 168 valence electrons. The molecule has 0 aromatic heterocycles. The van der Waals surface area contributed by atoms with Gasteiger partial charge in [-0.1, -0.05) is 65.7 Å². The number of methoxy groups -OCH3 is 1. The molecule has 0 radical (unpaired) electrons. The number of aliphatic hydroxyl groups excluding tert-OH is 1. The molecule has 1 aliphatic heterocycles. The van der Waals surface area contributed by atoms with Crippen LogP contribution in [0.25, 0.3) is 5.76 Å². The Balaban J connectivity index is 1.90. The Morgan fingerprint density at radius 1 is 1.06 bits per heavy atom. The highest BCUT2D eigenvalue weighted by Crippen LogP contribution is 2.43. The first-order valence-electron chi connectivity index (χ1n) is 9.93. The van der Waals surface area contributed by atoms with Gasteiger partial charge in [0, 0.05) is 11.6 Å². The number of nitrogens with zero attached hydrogens (tertiary/aromatic N) is 1. The van der Waals surface area contributed by atoms with Crippen molar-refractivity contribution < 1.29 is 23.8 Å². The fourth-order valence-corrected chi connectivity index (χ4v) is 4.47. The second-order valence-corrected chi connectivity index (χ2v) is 8.28. The van der Waals surface area contributed by atoms with Gasteiger partial charge in [0.05, 0.1) is 29.3 Å². The maximum atomic E-state index is 13.4. The van der Waals surface area contributed by atoms with Gasteiger partial charge >= 0.3 is 0 Å². The topological polar surface area (TPSA) is 66.8 Å². The van der Waals surface area contributed by atoms with Crippen molar-refractivity contribution in [2.24, 2.45) is 0 Å². The van der Waals surface area contributed by atoms with Crippen molar-refractivity contribution in [1.29, 1.82) is 0 Å². The largest absolute Gasteiger partial charge is 0.507 e. The van der Waals surface area contributed by atoms with Gasteiger partial charge in [0.15, 0.2) is 0 Å². The highest BCUT2D eigenvalue weighted by molar-refractivity contribution is 6.46. The van der Waals surface area contributed by atoms with E-state index in [1.807, 2.05) is 0 Å². The third-order valence-electron chi connectivity index (χ3n) is 5.39. The predicted octanol–water partition coefficient (Wildman–Crippen LogP) is 5.76. The quantitative estimate of drug-likeness (QED) is 0.283. The molecule has 1 N–H and O–H groups in total. The van der Waals surface area contributed by atoms with Gasteiger partial charge in [0.25, 0.3) is 11.7 Å². The van der Waals surface area contributed by atoms with Gasteiger partial charge in [-0.15, -0.1) is 0 Å². The fraction of sp³-hybridized carbons (Fsp3) is 0.120. The zero-order valence-electron chi connectivity index (χ0n) is 17.4. The van der Waals surface area contributed by atoms with E-state index in [0.29, 0.717) is 11.1 Å². The zero-order chi connectivity index (χ0) is 23.7. The Labute approximate surface area is 199 Å². The van der Waals surface area contributed by atoms with Crippen LogP contribution in [-0.2, 0) is 16.1 Å². The van der Waals surface area contributed by atoms with E-state index in [1.165, 1.54) is 48.4 Å². The molecule has 3 aromatic carbocycles. The highest BCUT2D eigenvalue weighted by Gasteiger charge is 2.46. The Morgan fingerprint density at radius 3 is 2.36 bits per heavy atom. The van der Waals surface area contributed by atoms with E-state index >= 15 is 0 Å². The van der Waals surface area contributed by atoms with E-state index in [-0.39, 0.29) is 33.5 Å². The summed E-state index contributed by atoms with van der Waals surface area (Å²) in [7, 11) is 1.37. The van der Waals surface area contributed by atoms with Crippen LogP contribution in [0.3, 0.4) is 0 Å². The van der Waals surface area contributed by atoms with Gasteiger partial charge in [0.2, 0.25) is 0 Å². The van der Waals surface area contributed by atoms with E-state index in [1.54, 1.807) is 30.3 Å². The van der Waals surface area contributed by atoms with Crippen molar-refractivity contribution >= 4 is 40.7 Å². The molecule has 0 spiro atoms. The van der Waals surface area contributed by atoms with Crippen LogP contribution >= 0.6 is 23.2 Å². The number of ether oxygens (including phenoxy) is 1. The van der Waals surface area contributed by atoms with Gasteiger partial charge in [-0.25, -0.2) is 4.39 Å². The van der Waals surface area contributed by atoms with Crippen molar-refractivity contribution in [3.63, 3.8) is 0 Å². The van der Waals surface area contributed by atoms with Crippen LogP contribution in [0.15, 0.2) is 72.3 Å². The number of Topliss-reactive ketones (excluding diaryl/α,β-unsaturated/α-hetero) is 1. The standard InChI is InChI=1S/C25H18Cl2FNO4/c1-33-24-18(11-16(26)12-19(24)27)22(30)20-21(15-5-3-2-4-6-15)29(25(32)23(20)31)13-14-7-9-17(28)10-8-14/h2-12,21,30H,13H2,1H3/b22-20+. The number of halogens is 3. The summed E-state index contributed by atoms with van der Waals surface area (Å²) in [5.74, 6) is -2.39. The molecule has 1 unspecified atom stereocenters. The lowest BCUT2D eigenvalue weighted by Gasteiger charge is -2.25. The van der Waals surface area contributed by atoms with Gasteiger partial charge in [0.1, 0.15) is 17.3 Å². The number of hydrogen-bond donors (Lipinski definition) is 1. The van der Waals surface area contributed by atoms with Crippen LogP contribution in [0.1, 0.15) is 22.7 Å². The lowest BCUT2D eigenvalue weighted by Crippen LogP contribution is -2.29. The number of benzene rings is 3. The molecule has 0 aliphatic carbocycles. The summed E-state index contributed by atoms with van der Waals surface area (Å²) in [5.41, 5.74) is 1.22. The molecule has 1 amide bonds. The first kappa shape index (κ1) is 22.8. The minimum Gasteiger partial charge on any atom is -0.507 e. The summed E-state index contributed by atoms with van der Waals surface area (Å²) < 4.78 is 18.7. The molecule has 1 heterocycles. The van der Waals surface area contributed by atoms with E-state index in [2.05, 4.69) is 0 Å². The van der Waals surface area contributed by atoms with Gasteiger partial charge in [-0.3, -0.25) is 9.59 Å². The molecule has 8 heteroatoms. The molecule has 4 rings (SSSR count). The molecule has 1 saturated heterocycles. The van der Waals surface area contributed by atoms with Gasteiger partial charge in [-0.2, -0.15) is 0 Å². The Kier molecular flexibility index (Phi) is 6.40. The lowest BCUT2D eigenvalue weighted by molar-refractivity contribution is -0.140. The third-order valence-corrected chi connectivity index (χ3v) is 5.89. The predicted molar refractivity (Wildman–Crippen MR) is 124 cm³/mol. The molecule has 0 bridgehead atoms. The Morgan fingerprint density at radius 2 is 1.73 bits per heavy atom. The maximum Gasteiger partial charge on any atom is 0.295 e. The molecule has 0 saturated carbocycles. The Bertz CT molecular complexity index is 1260. The first-order chi connectivity index (χ1) is 15.8. The SMILES string of the molecule is COc1c(Cl)cc(Cl)cc1/C(O)=C1\C(=O)C(=O)N(Cc2ccc(F)cc2)C1c1ccccc1. The van der Waals surface area contributed by atoms with Crippen LogP contribution in [0.5, 0.6) is 5.75 Å². The van der Waals surface area contributed by atoms with Crippen molar-refractivity contribution in [1.82, 2.24) is 4.90 Å². The number of aliphatic hydroxyl groups is 1. The second kappa shape index (κ2) is 9.25. The summed E-state index contributed by atoms with van der Waals surface area (Å²) in [5, 5.41) is 11.6. The van der Waals surface area contributed by atoms with E-state index in [4.69, 9.17) is 27.9 Å². The second-order valence-electron chi connectivity index (χ2n) is 7.43. The van der Waals surface area contributed by atoms with Crippen LogP contribution in [-0.4, -0.2) is 28.8 Å². The smallest absolute Gasteiger partial charge is 0.295 e. The van der Waals surface area contributed by atoms with Crippen molar-refractivity contribution in [3.8, 4) is 5.75 Å². The van der Waals surface area contributed by atoms with Crippen molar-refractivity contribution in [2.75, 3.05) is 7.11 Å². The Hall–Kier alpha value is -3.35. The van der Waals surface area contributed by atoms with E-state index < -0.39 is 29.3 Å². The van der Waals surface area contributed by atoms with Crippen LogP contribution in [0.4, 0.5) is 4.39 Å². The summed E-state index contributed by atoms with van der Waals surface area (Å²) in [6, 6.07) is 16.4. The lowest BCUT2D eigenvalue weighted by atomic mass is 9.95. The summed E-state index contributed by atoms with van der Waals surface area (Å²) in [4.78, 5) is 27.6. The molecule has 1 atom stereocenters. The van der Waals surface area contributed by atoms with Crippen LogP contribution in [0, 0.1) is 5.82 Å². The third kappa shape index (κ3) is 4.32. The molecule has 3 aromatic rings. The molecule has 33 heavy (non-hydrogen) atoms. The first-order valence-corrected chi connectivity index (χ1v) is 10.7. The molecular formula is C25H18Cl2FNO4. The zero-order valence-corrected chi connectivity index (χ0v) is 18.9. The van der Waals surface area contributed by atoms with E-state index in [9.17, 15) is 19.1 Å². The molecular weight excluding hydrogens is 468 g/mol. The molecule has 1 fully saturated rings. The van der Waals surface area contributed by atoms with Crippen LogP contribution in [0.2, 0.25) is 10.0 Å².